The fourth-order valence-electron chi connectivity index (χ4n) is 1.69. The van der Waals surface area contributed by atoms with Crippen molar-refractivity contribution in [2.75, 3.05) is 5.43 Å². The highest BCUT2D eigenvalue weighted by Crippen LogP contribution is 2.18. The standard InChI is InChI=1S/C11H9N5O2/c12-14-8-2-1-7-5-9(16-4-3-13-15-16)11(17)18-10(7)6-8/h1-6,14H,12H2. The van der Waals surface area contributed by atoms with Gasteiger partial charge in [-0.2, -0.15) is 0 Å². The van der Waals surface area contributed by atoms with Gasteiger partial charge in [0.05, 0.1) is 18.1 Å². The monoisotopic (exact) mass is 243 g/mol. The molecule has 90 valence electrons. The lowest BCUT2D eigenvalue weighted by Gasteiger charge is -2.03. The van der Waals surface area contributed by atoms with E-state index in [1.807, 2.05) is 0 Å². The second-order valence-electron chi connectivity index (χ2n) is 3.66. The molecule has 0 saturated heterocycles. The number of nitrogens with two attached hydrogens (primary N) is 1. The van der Waals surface area contributed by atoms with Crippen LogP contribution in [0.25, 0.3) is 16.7 Å². The Morgan fingerprint density at radius 2 is 2.22 bits per heavy atom. The quantitative estimate of drug-likeness (QED) is 0.389. The van der Waals surface area contributed by atoms with Crippen LogP contribution >= 0.6 is 0 Å². The highest BCUT2D eigenvalue weighted by atomic mass is 16.4. The Kier molecular flexibility index (Phi) is 2.31. The maximum Gasteiger partial charge on any atom is 0.362 e. The SMILES string of the molecule is NNc1ccc2cc(-n3ccnn3)c(=O)oc2c1. The van der Waals surface area contributed by atoms with E-state index in [1.165, 1.54) is 10.9 Å². The van der Waals surface area contributed by atoms with Crippen LogP contribution in [0.4, 0.5) is 5.69 Å². The first kappa shape index (κ1) is 10.5. The fourth-order valence-corrected chi connectivity index (χ4v) is 1.69. The highest BCUT2D eigenvalue weighted by molar-refractivity contribution is 5.81. The number of anilines is 1. The summed E-state index contributed by atoms with van der Waals surface area (Å²) in [6, 6.07) is 6.93. The molecule has 0 unspecified atom stereocenters. The predicted octanol–water partition coefficient (Wildman–Crippen LogP) is 0.659. The number of hydrogen-bond donors (Lipinski definition) is 2. The van der Waals surface area contributed by atoms with Gasteiger partial charge in [-0.1, -0.05) is 5.21 Å². The summed E-state index contributed by atoms with van der Waals surface area (Å²) in [6.45, 7) is 0. The van der Waals surface area contributed by atoms with E-state index in [2.05, 4.69) is 15.7 Å². The summed E-state index contributed by atoms with van der Waals surface area (Å²) in [5.74, 6) is 5.29. The molecule has 2 heterocycles. The van der Waals surface area contributed by atoms with Crippen molar-refractivity contribution >= 4 is 16.7 Å². The van der Waals surface area contributed by atoms with Gasteiger partial charge in [0.15, 0.2) is 5.69 Å². The summed E-state index contributed by atoms with van der Waals surface area (Å²) >= 11 is 0. The average Bonchev–Trinajstić information content (AvgIpc) is 2.91. The van der Waals surface area contributed by atoms with Crippen molar-refractivity contribution in [3.05, 3.63) is 47.1 Å². The number of nitrogens with one attached hydrogen (secondary N) is 1. The number of aromatic nitrogens is 3. The molecule has 0 aliphatic rings. The lowest BCUT2D eigenvalue weighted by molar-refractivity contribution is 0.550. The molecule has 7 heteroatoms. The molecule has 2 aromatic heterocycles. The topological polar surface area (TPSA) is 99.0 Å². The molecule has 0 saturated carbocycles. The Balaban J connectivity index is 2.25. The minimum Gasteiger partial charge on any atom is -0.421 e. The smallest absolute Gasteiger partial charge is 0.362 e. The molecular formula is C11H9N5O2. The summed E-state index contributed by atoms with van der Waals surface area (Å²) in [6.07, 6.45) is 3.07. The fraction of sp³-hybridized carbons (Fsp3) is 0. The zero-order chi connectivity index (χ0) is 12.5. The first-order valence-electron chi connectivity index (χ1n) is 5.19. The normalized spacial score (nSPS) is 10.7. The molecule has 18 heavy (non-hydrogen) atoms. The first-order chi connectivity index (χ1) is 8.78. The minimum absolute atomic E-state index is 0.313. The van der Waals surface area contributed by atoms with E-state index in [4.69, 9.17) is 10.3 Å². The Morgan fingerprint density at radius 3 is 2.94 bits per heavy atom. The third kappa shape index (κ3) is 1.62. The first-order valence-corrected chi connectivity index (χ1v) is 5.19. The number of hydrogen-bond acceptors (Lipinski definition) is 6. The number of rotatable bonds is 2. The molecule has 0 atom stereocenters. The van der Waals surface area contributed by atoms with Crippen molar-refractivity contribution in [3.63, 3.8) is 0 Å². The van der Waals surface area contributed by atoms with Gasteiger partial charge in [0.1, 0.15) is 5.58 Å². The molecule has 0 aliphatic heterocycles. The molecule has 0 amide bonds. The van der Waals surface area contributed by atoms with E-state index in [-0.39, 0.29) is 0 Å². The van der Waals surface area contributed by atoms with Gasteiger partial charge < -0.3 is 9.84 Å². The average molecular weight is 243 g/mol. The van der Waals surface area contributed by atoms with Crippen molar-refractivity contribution < 1.29 is 4.42 Å². The van der Waals surface area contributed by atoms with E-state index >= 15 is 0 Å². The van der Waals surface area contributed by atoms with E-state index in [9.17, 15) is 4.79 Å². The number of fused-ring (bicyclic) bond motifs is 1. The van der Waals surface area contributed by atoms with Gasteiger partial charge in [0, 0.05) is 11.5 Å². The Labute approximate surface area is 101 Å². The van der Waals surface area contributed by atoms with Crippen molar-refractivity contribution in [2.24, 2.45) is 5.84 Å². The van der Waals surface area contributed by atoms with E-state index < -0.39 is 5.63 Å². The van der Waals surface area contributed by atoms with Gasteiger partial charge >= 0.3 is 5.63 Å². The lowest BCUT2D eigenvalue weighted by Crippen LogP contribution is -2.11. The number of benzene rings is 1. The summed E-state index contributed by atoms with van der Waals surface area (Å²) in [5, 5.41) is 8.19. The Bertz CT molecular complexity index is 748. The van der Waals surface area contributed by atoms with Crippen LogP contribution in [-0.4, -0.2) is 15.0 Å². The van der Waals surface area contributed by atoms with Crippen LogP contribution in [0, 0.1) is 0 Å². The zero-order valence-corrected chi connectivity index (χ0v) is 9.20. The minimum atomic E-state index is -0.484. The molecule has 3 rings (SSSR count). The summed E-state index contributed by atoms with van der Waals surface area (Å²) < 4.78 is 6.58. The van der Waals surface area contributed by atoms with Crippen LogP contribution < -0.4 is 16.9 Å². The summed E-state index contributed by atoms with van der Waals surface area (Å²) in [7, 11) is 0. The summed E-state index contributed by atoms with van der Waals surface area (Å²) in [5.41, 5.74) is 3.44. The third-order valence-electron chi connectivity index (χ3n) is 2.55. The van der Waals surface area contributed by atoms with Gasteiger partial charge in [0.25, 0.3) is 0 Å². The maximum atomic E-state index is 11.8. The predicted molar refractivity (Wildman–Crippen MR) is 65.2 cm³/mol. The van der Waals surface area contributed by atoms with Crippen LogP contribution in [0.15, 0.2) is 45.9 Å². The Morgan fingerprint density at radius 1 is 1.33 bits per heavy atom. The van der Waals surface area contributed by atoms with E-state index in [0.29, 0.717) is 17.0 Å². The molecule has 3 N–H and O–H groups in total. The van der Waals surface area contributed by atoms with Crippen molar-refractivity contribution in [1.29, 1.82) is 0 Å². The number of hydrazine groups is 1. The zero-order valence-electron chi connectivity index (χ0n) is 9.20. The van der Waals surface area contributed by atoms with Crippen molar-refractivity contribution in [2.45, 2.75) is 0 Å². The number of nitrogens with zero attached hydrogens (tertiary/aromatic N) is 3. The van der Waals surface area contributed by atoms with Crippen LogP contribution in [-0.2, 0) is 0 Å². The Hall–Kier alpha value is -2.67. The molecule has 7 nitrogen and oxygen atoms in total. The molecule has 0 spiro atoms. The molecular weight excluding hydrogens is 234 g/mol. The van der Waals surface area contributed by atoms with Crippen LogP contribution in [0.2, 0.25) is 0 Å². The lowest BCUT2D eigenvalue weighted by atomic mass is 10.2. The molecule has 0 fully saturated rings. The van der Waals surface area contributed by atoms with Crippen LogP contribution in [0.3, 0.4) is 0 Å². The van der Waals surface area contributed by atoms with Crippen molar-refractivity contribution in [1.82, 2.24) is 15.0 Å². The molecule has 1 aromatic carbocycles. The number of nitrogen functional groups attached to an aromatic ring is 1. The highest BCUT2D eigenvalue weighted by Gasteiger charge is 2.08. The van der Waals surface area contributed by atoms with Gasteiger partial charge in [-0.15, -0.1) is 5.10 Å². The maximum absolute atomic E-state index is 11.8. The molecule has 0 aliphatic carbocycles. The van der Waals surface area contributed by atoms with E-state index in [0.717, 1.165) is 5.39 Å². The van der Waals surface area contributed by atoms with Crippen molar-refractivity contribution in [3.8, 4) is 5.69 Å². The van der Waals surface area contributed by atoms with Crippen LogP contribution in [0.5, 0.6) is 0 Å². The molecule has 0 bridgehead atoms. The van der Waals surface area contributed by atoms with Gasteiger partial charge in [-0.25, -0.2) is 9.48 Å². The van der Waals surface area contributed by atoms with Gasteiger partial charge in [0.2, 0.25) is 0 Å². The largest absolute Gasteiger partial charge is 0.421 e. The third-order valence-corrected chi connectivity index (χ3v) is 2.55. The van der Waals surface area contributed by atoms with Crippen LogP contribution in [0.1, 0.15) is 0 Å². The summed E-state index contributed by atoms with van der Waals surface area (Å²) in [4.78, 5) is 11.8. The second kappa shape index (κ2) is 3.97. The van der Waals surface area contributed by atoms with Gasteiger partial charge in [-0.3, -0.25) is 5.84 Å². The van der Waals surface area contributed by atoms with E-state index in [1.54, 1.807) is 30.5 Å². The second-order valence-corrected chi connectivity index (χ2v) is 3.66. The molecule has 3 aromatic rings. The molecule has 0 radical (unpaired) electrons. The van der Waals surface area contributed by atoms with Gasteiger partial charge in [-0.05, 0) is 18.2 Å².